The smallest absolute Gasteiger partial charge is 0.312 e. The minimum absolute atomic E-state index is 0.119. The number of carbonyl (C=O) groups is 2. The van der Waals surface area contributed by atoms with Crippen LogP contribution in [0.2, 0.25) is 0 Å². The van der Waals surface area contributed by atoms with E-state index in [4.69, 9.17) is 5.26 Å². The van der Waals surface area contributed by atoms with Crippen LogP contribution in [0.4, 0.5) is 5.69 Å². The number of nitrogens with zero attached hydrogens (tertiary/aromatic N) is 3. The number of aliphatic carboxylic acids is 1. The number of hydrogen-bond donors (Lipinski definition) is 1. The summed E-state index contributed by atoms with van der Waals surface area (Å²) in [6.45, 7) is 0.808. The zero-order valence-electron chi connectivity index (χ0n) is 11.8. The Hall–Kier alpha value is -2.55. The number of benzene rings is 1. The number of para-hydroxylation sites is 1. The lowest BCUT2D eigenvalue weighted by Crippen LogP contribution is -2.38. The maximum Gasteiger partial charge on any atom is 0.312 e. The Morgan fingerprint density at radius 1 is 1.48 bits per heavy atom. The molecule has 1 N–H and O–H groups in total. The molecule has 0 aliphatic carbocycles. The minimum Gasteiger partial charge on any atom is -0.481 e. The van der Waals surface area contributed by atoms with Crippen LogP contribution in [0.5, 0.6) is 0 Å². The average molecular weight is 287 g/mol. The molecule has 110 valence electrons. The van der Waals surface area contributed by atoms with Crippen molar-refractivity contribution in [1.29, 1.82) is 5.26 Å². The van der Waals surface area contributed by atoms with Crippen molar-refractivity contribution in [1.82, 2.24) is 4.90 Å². The van der Waals surface area contributed by atoms with E-state index in [1.54, 1.807) is 24.1 Å². The molecule has 1 aliphatic heterocycles. The Bertz CT molecular complexity index is 594. The molecule has 0 aromatic heterocycles. The molecule has 1 aliphatic rings. The fourth-order valence-electron chi connectivity index (χ4n) is 2.47. The molecule has 0 saturated heterocycles. The van der Waals surface area contributed by atoms with E-state index in [-0.39, 0.29) is 18.9 Å². The molecule has 6 nitrogen and oxygen atoms in total. The van der Waals surface area contributed by atoms with E-state index < -0.39 is 11.9 Å². The van der Waals surface area contributed by atoms with Crippen LogP contribution in [0.1, 0.15) is 17.9 Å². The molecular weight excluding hydrogens is 270 g/mol. The number of nitriles is 1. The van der Waals surface area contributed by atoms with Crippen LogP contribution in [0.3, 0.4) is 0 Å². The van der Waals surface area contributed by atoms with E-state index in [0.29, 0.717) is 13.1 Å². The van der Waals surface area contributed by atoms with Gasteiger partial charge in [-0.25, -0.2) is 0 Å². The lowest BCUT2D eigenvalue weighted by Gasteiger charge is -2.23. The number of amides is 1. The summed E-state index contributed by atoms with van der Waals surface area (Å²) in [5.41, 5.74) is 1.55. The second-order valence-corrected chi connectivity index (χ2v) is 5.05. The van der Waals surface area contributed by atoms with Gasteiger partial charge in [0.2, 0.25) is 5.91 Å². The van der Waals surface area contributed by atoms with Gasteiger partial charge in [0.15, 0.2) is 0 Å². The van der Waals surface area contributed by atoms with Gasteiger partial charge in [-0.1, -0.05) is 18.2 Å². The molecule has 6 heteroatoms. The molecule has 1 amide bonds. The Balaban J connectivity index is 2.10. The normalized spacial score (nSPS) is 16.2. The molecule has 1 aromatic carbocycles. The van der Waals surface area contributed by atoms with Gasteiger partial charge >= 0.3 is 5.97 Å². The highest BCUT2D eigenvalue weighted by Crippen LogP contribution is 2.35. The second kappa shape index (κ2) is 6.27. The number of hydrogen-bond acceptors (Lipinski definition) is 4. The first-order valence-electron chi connectivity index (χ1n) is 6.72. The average Bonchev–Trinajstić information content (AvgIpc) is 2.84. The number of rotatable bonds is 5. The van der Waals surface area contributed by atoms with E-state index >= 15 is 0 Å². The van der Waals surface area contributed by atoms with E-state index in [0.717, 1.165) is 11.3 Å². The minimum atomic E-state index is -0.879. The first kappa shape index (κ1) is 14.9. The summed E-state index contributed by atoms with van der Waals surface area (Å²) < 4.78 is 0. The van der Waals surface area contributed by atoms with Crippen LogP contribution in [0.15, 0.2) is 24.3 Å². The lowest BCUT2D eigenvalue weighted by atomic mass is 10.0. The fraction of sp³-hybridized carbons (Fsp3) is 0.400. The third-order valence-electron chi connectivity index (χ3n) is 3.66. The summed E-state index contributed by atoms with van der Waals surface area (Å²) >= 11 is 0. The molecule has 0 saturated carbocycles. The van der Waals surface area contributed by atoms with Crippen molar-refractivity contribution in [3.05, 3.63) is 29.8 Å². The third-order valence-corrected chi connectivity index (χ3v) is 3.66. The number of anilines is 1. The topological polar surface area (TPSA) is 84.6 Å². The number of carbonyl (C=O) groups excluding carboxylic acids is 1. The zero-order chi connectivity index (χ0) is 15.4. The Morgan fingerprint density at radius 3 is 2.86 bits per heavy atom. The summed E-state index contributed by atoms with van der Waals surface area (Å²) in [6, 6.07) is 9.26. The van der Waals surface area contributed by atoms with Gasteiger partial charge in [0, 0.05) is 25.8 Å². The van der Waals surface area contributed by atoms with Crippen LogP contribution in [-0.2, 0) is 9.59 Å². The molecule has 1 atom stereocenters. The predicted molar refractivity (Wildman–Crippen MR) is 76.9 cm³/mol. The number of carboxylic acid groups (broad SMARTS) is 1. The Labute approximate surface area is 123 Å². The number of fused-ring (bicyclic) bond motifs is 1. The van der Waals surface area contributed by atoms with Crippen molar-refractivity contribution in [3.63, 3.8) is 0 Å². The molecule has 0 bridgehead atoms. The Kier molecular flexibility index (Phi) is 4.43. The van der Waals surface area contributed by atoms with Crippen molar-refractivity contribution in [3.8, 4) is 6.07 Å². The molecule has 0 fully saturated rings. The van der Waals surface area contributed by atoms with Gasteiger partial charge in [-0.05, 0) is 11.6 Å². The predicted octanol–water partition coefficient (Wildman–Crippen LogP) is 1.05. The van der Waals surface area contributed by atoms with Gasteiger partial charge in [0.05, 0.1) is 19.0 Å². The zero-order valence-corrected chi connectivity index (χ0v) is 11.8. The summed E-state index contributed by atoms with van der Waals surface area (Å²) in [5, 5.41) is 17.8. The summed E-state index contributed by atoms with van der Waals surface area (Å²) in [5.74, 6) is -1.60. The van der Waals surface area contributed by atoms with Crippen LogP contribution in [0.25, 0.3) is 0 Å². The van der Waals surface area contributed by atoms with Gasteiger partial charge in [-0.3, -0.25) is 9.59 Å². The molecule has 1 unspecified atom stereocenters. The molecule has 0 spiro atoms. The summed E-state index contributed by atoms with van der Waals surface area (Å²) in [7, 11) is 1.65. The summed E-state index contributed by atoms with van der Waals surface area (Å²) in [4.78, 5) is 26.7. The van der Waals surface area contributed by atoms with Crippen molar-refractivity contribution >= 4 is 17.6 Å². The fourth-order valence-corrected chi connectivity index (χ4v) is 2.47. The van der Waals surface area contributed by atoms with Crippen LogP contribution >= 0.6 is 0 Å². The summed E-state index contributed by atoms with van der Waals surface area (Å²) in [6.07, 6.45) is 0.288. The van der Waals surface area contributed by atoms with Crippen LogP contribution < -0.4 is 4.90 Å². The van der Waals surface area contributed by atoms with E-state index in [1.165, 1.54) is 4.90 Å². The highest BCUT2D eigenvalue weighted by atomic mass is 16.4. The highest BCUT2D eigenvalue weighted by molar-refractivity contribution is 5.87. The van der Waals surface area contributed by atoms with E-state index in [2.05, 4.69) is 0 Å². The SMILES string of the molecule is CN(CCC#N)C(=O)CN1CC(C(=O)O)c2ccccc21. The van der Waals surface area contributed by atoms with Gasteiger partial charge in [0.25, 0.3) is 0 Å². The van der Waals surface area contributed by atoms with Crippen molar-refractivity contribution in [2.75, 3.05) is 31.6 Å². The molecular formula is C15H17N3O3. The van der Waals surface area contributed by atoms with Crippen molar-refractivity contribution < 1.29 is 14.7 Å². The largest absolute Gasteiger partial charge is 0.481 e. The van der Waals surface area contributed by atoms with Gasteiger partial charge < -0.3 is 14.9 Å². The quantitative estimate of drug-likeness (QED) is 0.875. The van der Waals surface area contributed by atoms with E-state index in [9.17, 15) is 14.7 Å². The van der Waals surface area contributed by atoms with Crippen LogP contribution in [0, 0.1) is 11.3 Å². The maximum absolute atomic E-state index is 12.1. The molecule has 1 aromatic rings. The molecule has 2 rings (SSSR count). The van der Waals surface area contributed by atoms with Gasteiger partial charge in [-0.2, -0.15) is 5.26 Å². The standard InChI is InChI=1S/C15H17N3O3/c1-17(8-4-7-16)14(19)10-18-9-12(15(20)21)11-5-2-3-6-13(11)18/h2-3,5-6,12H,4,8-10H2,1H3,(H,20,21). The molecule has 21 heavy (non-hydrogen) atoms. The van der Waals surface area contributed by atoms with Gasteiger partial charge in [-0.15, -0.1) is 0 Å². The number of likely N-dealkylation sites (N-methyl/N-ethyl adjacent to an activating group) is 1. The first-order chi connectivity index (χ1) is 10.0. The highest BCUT2D eigenvalue weighted by Gasteiger charge is 2.34. The van der Waals surface area contributed by atoms with Gasteiger partial charge in [0.1, 0.15) is 5.92 Å². The van der Waals surface area contributed by atoms with Crippen molar-refractivity contribution in [2.24, 2.45) is 0 Å². The Morgan fingerprint density at radius 2 is 2.19 bits per heavy atom. The third kappa shape index (κ3) is 3.14. The maximum atomic E-state index is 12.1. The molecule has 0 radical (unpaired) electrons. The second-order valence-electron chi connectivity index (χ2n) is 5.05. The van der Waals surface area contributed by atoms with Crippen molar-refractivity contribution in [2.45, 2.75) is 12.3 Å². The first-order valence-corrected chi connectivity index (χ1v) is 6.72. The van der Waals surface area contributed by atoms with E-state index in [1.807, 2.05) is 18.2 Å². The number of carboxylic acids is 1. The van der Waals surface area contributed by atoms with Crippen LogP contribution in [-0.4, -0.2) is 48.6 Å². The monoisotopic (exact) mass is 287 g/mol. The molecule has 1 heterocycles. The lowest BCUT2D eigenvalue weighted by molar-refractivity contribution is -0.138.